The van der Waals surface area contributed by atoms with E-state index in [1.807, 2.05) is 0 Å². The van der Waals surface area contributed by atoms with Crippen LogP contribution in [0.3, 0.4) is 0 Å². The number of aryl methyl sites for hydroxylation is 1. The molecule has 3 rings (SSSR count). The van der Waals surface area contributed by atoms with E-state index in [0.29, 0.717) is 5.56 Å². The highest BCUT2D eigenvalue weighted by atomic mass is 35.5. The van der Waals surface area contributed by atoms with Gasteiger partial charge in [-0.05, 0) is 42.3 Å². The zero-order valence-corrected chi connectivity index (χ0v) is 19.2. The first-order valence-electron chi connectivity index (χ1n) is 9.82. The van der Waals surface area contributed by atoms with Gasteiger partial charge in [-0.15, -0.1) is 11.6 Å². The Kier molecular flexibility index (Phi) is 7.38. The Morgan fingerprint density at radius 2 is 2.06 bits per heavy atom. The molecule has 0 aromatic heterocycles. The highest BCUT2D eigenvalue weighted by Crippen LogP contribution is 2.48. The molecule has 5 nitrogen and oxygen atoms in total. The minimum Gasteiger partial charge on any atom is -0.374 e. The van der Waals surface area contributed by atoms with E-state index in [1.54, 1.807) is 6.92 Å². The van der Waals surface area contributed by atoms with Gasteiger partial charge in [-0.25, -0.2) is 4.39 Å². The summed E-state index contributed by atoms with van der Waals surface area (Å²) in [5.41, 5.74) is -2.67. The van der Waals surface area contributed by atoms with E-state index in [4.69, 9.17) is 28.0 Å². The SMILES string of the molecule is C=CN(C=O)C(=O)c1ccc(C2=NO[C@@](C3=C/C(Cl)/C=C\C(F)/C(Cl)=C\3)(C(F)(F)F)C2)cc1C. The number of halogens is 6. The summed E-state index contributed by atoms with van der Waals surface area (Å²) >= 11 is 11.9. The van der Waals surface area contributed by atoms with Crippen LogP contribution in [0.5, 0.6) is 0 Å². The first kappa shape index (κ1) is 25.7. The lowest BCUT2D eigenvalue weighted by atomic mass is 9.84. The molecule has 2 aliphatic rings. The molecular weight excluding hydrogens is 499 g/mol. The van der Waals surface area contributed by atoms with Gasteiger partial charge in [0, 0.05) is 23.8 Å². The lowest BCUT2D eigenvalue weighted by molar-refractivity contribution is -0.251. The molecule has 180 valence electrons. The second kappa shape index (κ2) is 9.76. The fraction of sp³-hybridized carbons (Fsp3) is 0.261. The molecule has 2 unspecified atom stereocenters. The Hall–Kier alpha value is -2.91. The average Bonchev–Trinajstić information content (AvgIpc) is 3.24. The lowest BCUT2D eigenvalue weighted by Gasteiger charge is -2.31. The Labute approximate surface area is 202 Å². The molecule has 1 aromatic rings. The summed E-state index contributed by atoms with van der Waals surface area (Å²) in [6.45, 7) is 4.93. The summed E-state index contributed by atoms with van der Waals surface area (Å²) in [7, 11) is 0. The number of carbonyl (C=O) groups excluding carboxylic acids is 2. The van der Waals surface area contributed by atoms with Gasteiger partial charge in [-0.1, -0.05) is 41.6 Å². The minimum atomic E-state index is -4.96. The van der Waals surface area contributed by atoms with Crippen molar-refractivity contribution in [3.63, 3.8) is 0 Å². The normalized spacial score (nSPS) is 28.7. The van der Waals surface area contributed by atoms with E-state index in [2.05, 4.69) is 11.7 Å². The zero-order valence-electron chi connectivity index (χ0n) is 17.7. The van der Waals surface area contributed by atoms with Crippen LogP contribution in [-0.4, -0.2) is 46.3 Å². The second-order valence-electron chi connectivity index (χ2n) is 7.54. The topological polar surface area (TPSA) is 59.0 Å². The van der Waals surface area contributed by atoms with Gasteiger partial charge >= 0.3 is 6.18 Å². The van der Waals surface area contributed by atoms with Crippen molar-refractivity contribution in [2.45, 2.75) is 36.7 Å². The van der Waals surface area contributed by atoms with E-state index in [-0.39, 0.29) is 23.2 Å². The number of imide groups is 1. The first-order valence-corrected chi connectivity index (χ1v) is 10.6. The molecule has 0 saturated carbocycles. The number of allylic oxidation sites excluding steroid dienone is 4. The largest absolute Gasteiger partial charge is 0.435 e. The van der Waals surface area contributed by atoms with Gasteiger partial charge in [0.2, 0.25) is 6.41 Å². The molecule has 0 saturated heterocycles. The number of benzene rings is 1. The smallest absolute Gasteiger partial charge is 0.374 e. The van der Waals surface area contributed by atoms with E-state index in [1.165, 1.54) is 24.3 Å². The van der Waals surface area contributed by atoms with Gasteiger partial charge < -0.3 is 4.84 Å². The number of hydrogen-bond acceptors (Lipinski definition) is 4. The number of amides is 2. The van der Waals surface area contributed by atoms with Crippen molar-refractivity contribution in [2.24, 2.45) is 5.16 Å². The minimum absolute atomic E-state index is 0.0543. The van der Waals surface area contributed by atoms with Crippen molar-refractivity contribution in [1.29, 1.82) is 0 Å². The monoisotopic (exact) mass is 516 g/mol. The third kappa shape index (κ3) is 4.81. The third-order valence-corrected chi connectivity index (χ3v) is 5.94. The van der Waals surface area contributed by atoms with Crippen LogP contribution in [-0.2, 0) is 9.63 Å². The van der Waals surface area contributed by atoms with E-state index in [9.17, 15) is 27.2 Å². The molecule has 1 aromatic carbocycles. The van der Waals surface area contributed by atoms with Crippen molar-refractivity contribution in [3.8, 4) is 0 Å². The van der Waals surface area contributed by atoms with Crippen molar-refractivity contribution < 1.29 is 32.0 Å². The lowest BCUT2D eigenvalue weighted by Crippen LogP contribution is -2.47. The number of rotatable bonds is 5. The first-order chi connectivity index (χ1) is 15.9. The van der Waals surface area contributed by atoms with Crippen molar-refractivity contribution >= 4 is 41.2 Å². The van der Waals surface area contributed by atoms with Crippen molar-refractivity contribution in [3.05, 3.63) is 82.6 Å². The number of hydrogen-bond donors (Lipinski definition) is 0. The predicted molar refractivity (Wildman–Crippen MR) is 120 cm³/mol. The number of oxime groups is 1. The van der Waals surface area contributed by atoms with Crippen LogP contribution < -0.4 is 0 Å². The standard InChI is InChI=1S/C23H18Cl2F4N2O3/c1-3-31(12-32)21(33)17-6-4-14(8-13(17)2)20-11-22(34-30-20,23(27,28)29)15-9-16(24)5-7-19(26)18(25)10-15/h3-10,12,16,19H,1,11H2,2H3/b7-5-,15-9+,18-10+/t16?,19?,22-/m0/s1. The van der Waals surface area contributed by atoms with E-state index in [0.717, 1.165) is 29.3 Å². The molecule has 34 heavy (non-hydrogen) atoms. The van der Waals surface area contributed by atoms with Crippen LogP contribution in [0.2, 0.25) is 0 Å². The molecule has 1 aliphatic heterocycles. The van der Waals surface area contributed by atoms with Crippen LogP contribution >= 0.6 is 23.2 Å². The van der Waals surface area contributed by atoms with Crippen molar-refractivity contribution in [2.75, 3.05) is 0 Å². The maximum Gasteiger partial charge on any atom is 0.435 e. The second-order valence-corrected chi connectivity index (χ2v) is 8.48. The summed E-state index contributed by atoms with van der Waals surface area (Å²) in [5.74, 6) is -0.648. The fourth-order valence-corrected chi connectivity index (χ4v) is 3.91. The number of carbonyl (C=O) groups is 2. The molecule has 1 aliphatic carbocycles. The summed E-state index contributed by atoms with van der Waals surface area (Å²) in [6, 6.07) is 4.21. The van der Waals surface area contributed by atoms with Crippen LogP contribution in [0.4, 0.5) is 17.6 Å². The molecule has 0 radical (unpaired) electrons. The maximum absolute atomic E-state index is 14.3. The van der Waals surface area contributed by atoms with Gasteiger partial charge in [0.1, 0.15) is 0 Å². The van der Waals surface area contributed by atoms with Crippen LogP contribution in [0, 0.1) is 6.92 Å². The Morgan fingerprint density at radius 1 is 1.35 bits per heavy atom. The van der Waals surface area contributed by atoms with Gasteiger partial charge in [-0.3, -0.25) is 14.5 Å². The Balaban J connectivity index is 2.00. The van der Waals surface area contributed by atoms with Crippen LogP contribution in [0.15, 0.2) is 71.0 Å². The number of alkyl halides is 5. The van der Waals surface area contributed by atoms with Crippen LogP contribution in [0.25, 0.3) is 0 Å². The molecule has 2 amide bonds. The van der Waals surface area contributed by atoms with E-state index < -0.39 is 46.3 Å². The summed E-state index contributed by atoms with van der Waals surface area (Å²) in [4.78, 5) is 29.1. The zero-order chi connectivity index (χ0) is 25.3. The summed E-state index contributed by atoms with van der Waals surface area (Å²) in [6.07, 6.45) is -2.03. The van der Waals surface area contributed by atoms with Crippen molar-refractivity contribution in [1.82, 2.24) is 4.90 Å². The highest BCUT2D eigenvalue weighted by molar-refractivity contribution is 6.30. The van der Waals surface area contributed by atoms with Gasteiger partial charge in [0.05, 0.1) is 16.1 Å². The van der Waals surface area contributed by atoms with Crippen LogP contribution in [0.1, 0.15) is 27.9 Å². The molecule has 0 bridgehead atoms. The molecule has 3 atom stereocenters. The average molecular weight is 517 g/mol. The summed E-state index contributed by atoms with van der Waals surface area (Å²) in [5, 5.41) is 2.16. The molecule has 0 fully saturated rings. The molecule has 1 heterocycles. The van der Waals surface area contributed by atoms with E-state index >= 15 is 0 Å². The van der Waals surface area contributed by atoms with Gasteiger partial charge in [-0.2, -0.15) is 13.2 Å². The van der Waals surface area contributed by atoms with Gasteiger partial charge in [0.25, 0.3) is 11.5 Å². The highest BCUT2D eigenvalue weighted by Gasteiger charge is 2.63. The predicted octanol–water partition coefficient (Wildman–Crippen LogP) is 5.73. The Bertz CT molecular complexity index is 1140. The molecule has 0 spiro atoms. The molecule has 11 heteroatoms. The number of nitrogens with zero attached hydrogens (tertiary/aromatic N) is 2. The Morgan fingerprint density at radius 3 is 2.65 bits per heavy atom. The summed E-state index contributed by atoms with van der Waals surface area (Å²) < 4.78 is 57.1. The molecular formula is C23H18Cl2F4N2O3. The maximum atomic E-state index is 14.3. The fourth-order valence-electron chi connectivity index (χ4n) is 3.50. The van der Waals surface area contributed by atoms with Gasteiger partial charge in [0.15, 0.2) is 6.17 Å². The quantitative estimate of drug-likeness (QED) is 0.217. The molecule has 0 N–H and O–H groups in total. The third-order valence-electron chi connectivity index (χ3n) is 5.35.